The Morgan fingerprint density at radius 3 is 2.67 bits per heavy atom. The predicted octanol–water partition coefficient (Wildman–Crippen LogP) is 0.994. The molecule has 2 saturated heterocycles. The lowest BCUT2D eigenvalue weighted by atomic mass is 9.58. The fraction of sp³-hybridized carbons (Fsp3) is 0.708. The zero-order valence-corrected chi connectivity index (χ0v) is 19.3. The molecule has 2 aliphatic heterocycles. The Kier molecular flexibility index (Phi) is 7.65. The zero-order valence-electron chi connectivity index (χ0n) is 19.3. The number of carboxylic acids is 1. The summed E-state index contributed by atoms with van der Waals surface area (Å²) in [6.07, 6.45) is 1.87. The molecule has 0 aromatic rings. The summed E-state index contributed by atoms with van der Waals surface area (Å²) in [5, 5.41) is 28.8. The molecule has 1 aliphatic carbocycles. The molecule has 9 nitrogen and oxygen atoms in total. The maximum absolute atomic E-state index is 13.1. The number of aliphatic hydroxyl groups excluding tert-OH is 2. The molecule has 184 valence electrons. The molecule has 3 rings (SSSR count). The van der Waals surface area contributed by atoms with Gasteiger partial charge in [0.1, 0.15) is 18.2 Å². The lowest BCUT2D eigenvalue weighted by Gasteiger charge is -2.49. The maximum atomic E-state index is 13.1. The van der Waals surface area contributed by atoms with E-state index in [1.807, 2.05) is 6.92 Å². The highest BCUT2D eigenvalue weighted by molar-refractivity contribution is 5.77. The number of carbonyl (C=O) groups is 3. The molecule has 3 fully saturated rings. The minimum Gasteiger partial charge on any atom is -0.480 e. The number of nitrogens with zero attached hydrogens (tertiary/aromatic N) is 1. The van der Waals surface area contributed by atoms with Crippen LogP contribution in [0.3, 0.4) is 0 Å². The summed E-state index contributed by atoms with van der Waals surface area (Å²) in [4.78, 5) is 39.1. The normalized spacial score (nSPS) is 37.2. The number of fused-ring (bicyclic) bond motifs is 1. The van der Waals surface area contributed by atoms with Gasteiger partial charge in [-0.15, -0.1) is 6.58 Å². The van der Waals surface area contributed by atoms with Crippen molar-refractivity contribution >= 4 is 17.9 Å². The van der Waals surface area contributed by atoms with E-state index in [2.05, 4.69) is 13.2 Å². The average Bonchev–Trinajstić information content (AvgIpc) is 3.37. The summed E-state index contributed by atoms with van der Waals surface area (Å²) in [6.45, 7) is 11.5. The number of esters is 2. The molecule has 0 radical (unpaired) electrons. The van der Waals surface area contributed by atoms with Crippen LogP contribution in [0.5, 0.6) is 0 Å². The van der Waals surface area contributed by atoms with Crippen LogP contribution in [0, 0.1) is 29.1 Å². The topological polar surface area (TPSA) is 134 Å². The molecule has 33 heavy (non-hydrogen) atoms. The maximum Gasteiger partial charge on any atom is 0.320 e. The van der Waals surface area contributed by atoms with Gasteiger partial charge < -0.3 is 24.8 Å². The Labute approximate surface area is 194 Å². The third kappa shape index (κ3) is 4.72. The van der Waals surface area contributed by atoms with Crippen molar-refractivity contribution < 1.29 is 39.2 Å². The van der Waals surface area contributed by atoms with Crippen LogP contribution < -0.4 is 0 Å². The van der Waals surface area contributed by atoms with E-state index in [-0.39, 0.29) is 19.8 Å². The van der Waals surface area contributed by atoms with E-state index in [9.17, 15) is 29.7 Å². The van der Waals surface area contributed by atoms with Gasteiger partial charge in [0.15, 0.2) is 0 Å². The van der Waals surface area contributed by atoms with Crippen LogP contribution in [0.4, 0.5) is 0 Å². The SMILES string of the molecule is C=C[C@]1(C)C[C@H](OC(=O)[C@@H](C)CO)[C@@H]2[C@H](OC(=O)[C@H]2CN2CCC[C@H]2C(=O)O)[C@H]1C(=C)CO. The second-order valence-corrected chi connectivity index (χ2v) is 9.84. The molecule has 0 unspecified atom stereocenters. The summed E-state index contributed by atoms with van der Waals surface area (Å²) in [7, 11) is 0. The number of aliphatic carboxylic acids is 1. The minimum absolute atomic E-state index is 0.184. The number of ether oxygens (including phenoxy) is 2. The zero-order chi connectivity index (χ0) is 24.5. The van der Waals surface area contributed by atoms with E-state index in [1.54, 1.807) is 17.9 Å². The van der Waals surface area contributed by atoms with Gasteiger partial charge in [-0.3, -0.25) is 19.3 Å². The number of hydrogen-bond donors (Lipinski definition) is 3. The second-order valence-electron chi connectivity index (χ2n) is 9.84. The molecule has 0 amide bonds. The van der Waals surface area contributed by atoms with Crippen molar-refractivity contribution in [2.24, 2.45) is 29.1 Å². The number of hydrogen-bond acceptors (Lipinski definition) is 8. The van der Waals surface area contributed by atoms with Gasteiger partial charge in [-0.05, 0) is 43.7 Å². The summed E-state index contributed by atoms with van der Waals surface area (Å²) in [5.74, 6) is -4.36. The molecule has 0 aromatic carbocycles. The Morgan fingerprint density at radius 1 is 1.39 bits per heavy atom. The quantitative estimate of drug-likeness (QED) is 0.337. The summed E-state index contributed by atoms with van der Waals surface area (Å²) in [5.41, 5.74) is -0.167. The van der Waals surface area contributed by atoms with Gasteiger partial charge in [0.25, 0.3) is 0 Å². The van der Waals surface area contributed by atoms with Gasteiger partial charge in [0, 0.05) is 18.4 Å². The van der Waals surface area contributed by atoms with Crippen LogP contribution in [0.1, 0.15) is 33.1 Å². The van der Waals surface area contributed by atoms with Gasteiger partial charge in [-0.1, -0.05) is 19.6 Å². The Balaban J connectivity index is 1.97. The average molecular weight is 466 g/mol. The summed E-state index contributed by atoms with van der Waals surface area (Å²) < 4.78 is 11.7. The lowest BCUT2D eigenvalue weighted by Crippen LogP contribution is -2.54. The van der Waals surface area contributed by atoms with Gasteiger partial charge >= 0.3 is 17.9 Å². The van der Waals surface area contributed by atoms with E-state index >= 15 is 0 Å². The van der Waals surface area contributed by atoms with Crippen molar-refractivity contribution in [3.8, 4) is 0 Å². The van der Waals surface area contributed by atoms with E-state index < -0.39 is 65.2 Å². The highest BCUT2D eigenvalue weighted by Gasteiger charge is 2.61. The van der Waals surface area contributed by atoms with E-state index in [0.717, 1.165) is 6.42 Å². The molecular weight excluding hydrogens is 430 g/mol. The van der Waals surface area contributed by atoms with Crippen LogP contribution >= 0.6 is 0 Å². The smallest absolute Gasteiger partial charge is 0.320 e. The first-order valence-corrected chi connectivity index (χ1v) is 11.5. The number of rotatable bonds is 9. The van der Waals surface area contributed by atoms with Crippen molar-refractivity contribution in [1.82, 2.24) is 4.90 Å². The van der Waals surface area contributed by atoms with Gasteiger partial charge in [-0.2, -0.15) is 0 Å². The van der Waals surface area contributed by atoms with Gasteiger partial charge in [0.05, 0.1) is 25.0 Å². The van der Waals surface area contributed by atoms with Gasteiger partial charge in [0.2, 0.25) is 0 Å². The highest BCUT2D eigenvalue weighted by atomic mass is 16.6. The fourth-order valence-electron chi connectivity index (χ4n) is 5.76. The monoisotopic (exact) mass is 465 g/mol. The molecule has 0 bridgehead atoms. The largest absolute Gasteiger partial charge is 0.480 e. The second kappa shape index (κ2) is 9.95. The third-order valence-electron chi connectivity index (χ3n) is 7.64. The molecule has 8 atom stereocenters. The lowest BCUT2D eigenvalue weighted by molar-refractivity contribution is -0.169. The Bertz CT molecular complexity index is 812. The van der Waals surface area contributed by atoms with E-state index in [4.69, 9.17) is 9.47 Å². The number of allylic oxidation sites excluding steroid dienone is 1. The summed E-state index contributed by atoms with van der Waals surface area (Å²) in [6, 6.07) is -0.669. The number of aliphatic hydroxyl groups is 2. The molecular formula is C24H35NO8. The fourth-order valence-corrected chi connectivity index (χ4v) is 5.76. The van der Waals surface area contributed by atoms with Crippen LogP contribution in [-0.2, 0) is 23.9 Å². The molecule has 3 N–H and O–H groups in total. The first-order chi connectivity index (χ1) is 15.6. The molecule has 2 heterocycles. The van der Waals surface area contributed by atoms with Crippen molar-refractivity contribution in [3.05, 3.63) is 24.8 Å². The van der Waals surface area contributed by atoms with Gasteiger partial charge in [-0.25, -0.2) is 0 Å². The Morgan fingerprint density at radius 2 is 2.09 bits per heavy atom. The molecule has 9 heteroatoms. The first-order valence-electron chi connectivity index (χ1n) is 11.5. The molecule has 3 aliphatic rings. The molecule has 0 aromatic heterocycles. The van der Waals surface area contributed by atoms with E-state index in [1.165, 1.54) is 0 Å². The first kappa shape index (κ1) is 25.4. The predicted molar refractivity (Wildman–Crippen MR) is 118 cm³/mol. The van der Waals surface area contributed by atoms with Crippen LogP contribution in [0.25, 0.3) is 0 Å². The number of likely N-dealkylation sites (tertiary alicyclic amines) is 1. The third-order valence-corrected chi connectivity index (χ3v) is 7.64. The highest BCUT2D eigenvalue weighted by Crippen LogP contribution is 2.54. The Hall–Kier alpha value is -2.23. The van der Waals surface area contributed by atoms with Crippen molar-refractivity contribution in [1.29, 1.82) is 0 Å². The van der Waals surface area contributed by atoms with Crippen molar-refractivity contribution in [3.63, 3.8) is 0 Å². The number of carbonyl (C=O) groups excluding carboxylic acids is 2. The summed E-state index contributed by atoms with van der Waals surface area (Å²) >= 11 is 0. The van der Waals surface area contributed by atoms with Crippen LogP contribution in [-0.4, -0.2) is 82.7 Å². The van der Waals surface area contributed by atoms with E-state index in [0.29, 0.717) is 25.0 Å². The van der Waals surface area contributed by atoms with Crippen molar-refractivity contribution in [2.45, 2.75) is 51.4 Å². The molecule has 0 spiro atoms. The van der Waals surface area contributed by atoms with Crippen LogP contribution in [0.15, 0.2) is 24.8 Å². The standard InChI is InChI=1S/C24H35NO8/c1-5-24(4)9-17(32-22(30)14(3)12-27)18-15(10-25-8-6-7-16(25)21(28)29)23(31)33-20(18)19(24)13(2)11-26/h5,14-20,26-27H,1-2,6-12H2,3-4H3,(H,28,29)/t14-,15-,16-,17-,18+,19+,20-,24+/m0/s1. The minimum atomic E-state index is -0.926. The number of carboxylic acid groups (broad SMARTS) is 1. The van der Waals surface area contributed by atoms with Crippen molar-refractivity contribution in [2.75, 3.05) is 26.3 Å². The molecule has 1 saturated carbocycles. The van der Waals surface area contributed by atoms with Crippen LogP contribution in [0.2, 0.25) is 0 Å².